The molecule has 2 heterocycles. The number of piperidine rings is 1. The summed E-state index contributed by atoms with van der Waals surface area (Å²) in [6.45, 7) is 2.39. The van der Waals surface area contributed by atoms with Crippen LogP contribution in [0.2, 0.25) is 0 Å². The van der Waals surface area contributed by atoms with Crippen molar-refractivity contribution >= 4 is 33.8 Å². The molecule has 2 aliphatic heterocycles. The van der Waals surface area contributed by atoms with Crippen LogP contribution in [0.3, 0.4) is 0 Å². The van der Waals surface area contributed by atoms with E-state index < -0.39 is 11.6 Å². The third kappa shape index (κ3) is 4.46. The molecule has 156 valence electrons. The SMILES string of the molecule is O=C(/C=C/c1ccc(Br)cc1)N1CC2(CCN(C(=O)c3cc(F)cc(F)c3)CC2)C1. The Kier molecular flexibility index (Phi) is 5.73. The van der Waals surface area contributed by atoms with Gasteiger partial charge in [0.1, 0.15) is 11.6 Å². The minimum absolute atomic E-state index is 0.0164. The van der Waals surface area contributed by atoms with E-state index in [1.54, 1.807) is 17.1 Å². The summed E-state index contributed by atoms with van der Waals surface area (Å²) in [5.41, 5.74) is 1.03. The summed E-state index contributed by atoms with van der Waals surface area (Å²) in [4.78, 5) is 28.4. The zero-order valence-corrected chi connectivity index (χ0v) is 17.9. The summed E-state index contributed by atoms with van der Waals surface area (Å²) in [5, 5.41) is 0. The molecular formula is C23H21BrF2N2O2. The minimum Gasteiger partial charge on any atom is -0.339 e. The average molecular weight is 475 g/mol. The van der Waals surface area contributed by atoms with Crippen molar-refractivity contribution in [1.29, 1.82) is 0 Å². The summed E-state index contributed by atoms with van der Waals surface area (Å²) < 4.78 is 27.8. The monoisotopic (exact) mass is 474 g/mol. The fourth-order valence-corrected chi connectivity index (χ4v) is 4.39. The van der Waals surface area contributed by atoms with Crippen LogP contribution >= 0.6 is 15.9 Å². The number of rotatable bonds is 3. The van der Waals surface area contributed by atoms with Crippen molar-refractivity contribution in [1.82, 2.24) is 9.80 Å². The van der Waals surface area contributed by atoms with Gasteiger partial charge in [-0.05, 0) is 48.7 Å². The number of carbonyl (C=O) groups excluding carboxylic acids is 2. The number of hydrogen-bond donors (Lipinski definition) is 0. The van der Waals surface area contributed by atoms with Crippen LogP contribution in [0.25, 0.3) is 6.08 Å². The molecule has 2 amide bonds. The lowest BCUT2D eigenvalue weighted by Gasteiger charge is -2.53. The van der Waals surface area contributed by atoms with Crippen LogP contribution in [0.4, 0.5) is 8.78 Å². The Labute approximate surface area is 182 Å². The van der Waals surface area contributed by atoms with Crippen molar-refractivity contribution in [3.63, 3.8) is 0 Å². The topological polar surface area (TPSA) is 40.6 Å². The molecule has 0 unspecified atom stereocenters. The lowest BCUT2D eigenvalue weighted by molar-refractivity contribution is -0.140. The van der Waals surface area contributed by atoms with Crippen molar-refractivity contribution in [3.05, 3.63) is 75.8 Å². The van der Waals surface area contributed by atoms with Gasteiger partial charge in [-0.3, -0.25) is 9.59 Å². The van der Waals surface area contributed by atoms with Gasteiger partial charge in [-0.25, -0.2) is 8.78 Å². The Balaban J connectivity index is 1.29. The fraction of sp³-hybridized carbons (Fsp3) is 0.304. The van der Waals surface area contributed by atoms with Gasteiger partial charge in [-0.2, -0.15) is 0 Å². The quantitative estimate of drug-likeness (QED) is 0.614. The molecule has 4 rings (SSSR count). The van der Waals surface area contributed by atoms with Crippen molar-refractivity contribution in [3.8, 4) is 0 Å². The van der Waals surface area contributed by atoms with Crippen molar-refractivity contribution in [2.24, 2.45) is 5.41 Å². The smallest absolute Gasteiger partial charge is 0.254 e. The van der Waals surface area contributed by atoms with Gasteiger partial charge in [-0.1, -0.05) is 28.1 Å². The maximum Gasteiger partial charge on any atom is 0.254 e. The molecule has 0 radical (unpaired) electrons. The number of amides is 2. The molecular weight excluding hydrogens is 454 g/mol. The van der Waals surface area contributed by atoms with Crippen LogP contribution in [0.5, 0.6) is 0 Å². The Bertz CT molecular complexity index is 971. The Morgan fingerprint density at radius 2 is 1.53 bits per heavy atom. The fourth-order valence-electron chi connectivity index (χ4n) is 4.13. The van der Waals surface area contributed by atoms with E-state index in [2.05, 4.69) is 15.9 Å². The van der Waals surface area contributed by atoms with Crippen LogP contribution < -0.4 is 0 Å². The normalized spacial score (nSPS) is 18.0. The number of likely N-dealkylation sites (tertiary alicyclic amines) is 2. The van der Waals surface area contributed by atoms with Gasteiger partial charge < -0.3 is 9.80 Å². The molecule has 4 nitrogen and oxygen atoms in total. The van der Waals surface area contributed by atoms with E-state index >= 15 is 0 Å². The van der Waals surface area contributed by atoms with Gasteiger partial charge in [0.25, 0.3) is 5.91 Å². The molecule has 2 saturated heterocycles. The molecule has 2 fully saturated rings. The maximum atomic E-state index is 13.4. The van der Waals surface area contributed by atoms with Crippen LogP contribution in [-0.2, 0) is 4.79 Å². The Morgan fingerprint density at radius 1 is 0.933 bits per heavy atom. The Morgan fingerprint density at radius 3 is 2.13 bits per heavy atom. The molecule has 2 aromatic carbocycles. The maximum absolute atomic E-state index is 13.4. The number of carbonyl (C=O) groups is 2. The summed E-state index contributed by atoms with van der Waals surface area (Å²) in [6.07, 6.45) is 4.94. The van der Waals surface area contributed by atoms with Crippen molar-refractivity contribution in [2.45, 2.75) is 12.8 Å². The predicted molar refractivity (Wildman–Crippen MR) is 114 cm³/mol. The highest BCUT2D eigenvalue weighted by atomic mass is 79.9. The van der Waals surface area contributed by atoms with E-state index in [0.717, 1.165) is 41.1 Å². The minimum atomic E-state index is -0.754. The highest BCUT2D eigenvalue weighted by molar-refractivity contribution is 9.10. The van der Waals surface area contributed by atoms with Crippen LogP contribution in [-0.4, -0.2) is 47.8 Å². The molecule has 7 heteroatoms. The standard InChI is InChI=1S/C23H21BrF2N2O2/c24-18-4-1-16(2-5-18)3-6-21(29)28-14-23(15-28)7-9-27(10-8-23)22(30)17-11-19(25)13-20(26)12-17/h1-6,11-13H,7-10,14-15H2/b6-3+. The van der Waals surface area contributed by atoms with E-state index in [1.165, 1.54) is 0 Å². The Hall–Kier alpha value is -2.54. The van der Waals surface area contributed by atoms with Crippen LogP contribution in [0.15, 0.2) is 53.0 Å². The van der Waals surface area contributed by atoms with Crippen LogP contribution in [0, 0.1) is 17.0 Å². The first-order valence-corrected chi connectivity index (χ1v) is 10.6. The van der Waals surface area contributed by atoms with Gasteiger partial charge in [-0.15, -0.1) is 0 Å². The lowest BCUT2D eigenvalue weighted by atomic mass is 9.72. The molecule has 0 aromatic heterocycles. The van der Waals surface area contributed by atoms with Gasteiger partial charge in [0.2, 0.25) is 5.91 Å². The van der Waals surface area contributed by atoms with E-state index in [9.17, 15) is 18.4 Å². The zero-order valence-electron chi connectivity index (χ0n) is 16.3. The van der Waals surface area contributed by atoms with Crippen molar-refractivity contribution < 1.29 is 18.4 Å². The van der Waals surface area contributed by atoms with Gasteiger partial charge in [0.15, 0.2) is 0 Å². The molecule has 0 saturated carbocycles. The highest BCUT2D eigenvalue weighted by Gasteiger charge is 2.46. The lowest BCUT2D eigenvalue weighted by Crippen LogP contribution is -2.62. The summed E-state index contributed by atoms with van der Waals surface area (Å²) >= 11 is 3.39. The summed E-state index contributed by atoms with van der Waals surface area (Å²) in [5.74, 6) is -1.88. The largest absolute Gasteiger partial charge is 0.339 e. The molecule has 0 aliphatic carbocycles. The van der Waals surface area contributed by atoms with E-state index in [1.807, 2.05) is 29.2 Å². The predicted octanol–water partition coefficient (Wildman–Crippen LogP) is 4.51. The second-order valence-electron chi connectivity index (χ2n) is 8.03. The van der Waals surface area contributed by atoms with Gasteiger partial charge >= 0.3 is 0 Å². The summed E-state index contributed by atoms with van der Waals surface area (Å²) in [7, 11) is 0. The first-order chi connectivity index (χ1) is 14.3. The number of benzene rings is 2. The first-order valence-electron chi connectivity index (χ1n) is 9.82. The van der Waals surface area contributed by atoms with E-state index in [4.69, 9.17) is 0 Å². The first kappa shape index (κ1) is 20.7. The molecule has 0 N–H and O–H groups in total. The molecule has 2 aromatic rings. The van der Waals surface area contributed by atoms with Crippen LogP contribution in [0.1, 0.15) is 28.8 Å². The molecule has 0 atom stereocenters. The van der Waals surface area contributed by atoms with Gasteiger partial charge in [0, 0.05) is 53.8 Å². The molecule has 0 bridgehead atoms. The van der Waals surface area contributed by atoms with E-state index in [-0.39, 0.29) is 22.8 Å². The third-order valence-corrected chi connectivity index (χ3v) is 6.40. The number of hydrogen-bond acceptors (Lipinski definition) is 2. The molecule has 2 aliphatic rings. The second kappa shape index (κ2) is 8.30. The number of nitrogens with zero attached hydrogens (tertiary/aromatic N) is 2. The molecule has 1 spiro atoms. The molecule has 30 heavy (non-hydrogen) atoms. The third-order valence-electron chi connectivity index (χ3n) is 5.87. The van der Waals surface area contributed by atoms with Gasteiger partial charge in [0.05, 0.1) is 0 Å². The highest BCUT2D eigenvalue weighted by Crippen LogP contribution is 2.40. The van der Waals surface area contributed by atoms with E-state index in [0.29, 0.717) is 26.2 Å². The number of halogens is 3. The van der Waals surface area contributed by atoms with Crippen molar-refractivity contribution in [2.75, 3.05) is 26.2 Å². The second-order valence-corrected chi connectivity index (χ2v) is 8.95. The summed E-state index contributed by atoms with van der Waals surface area (Å²) in [6, 6.07) is 10.6. The average Bonchev–Trinajstić information content (AvgIpc) is 2.70. The zero-order chi connectivity index (χ0) is 21.3.